The van der Waals surface area contributed by atoms with Crippen LogP contribution in [0.25, 0.3) is 0 Å². The molecule has 0 fully saturated rings. The Morgan fingerprint density at radius 2 is 1.81 bits per heavy atom. The molecule has 0 spiro atoms. The summed E-state index contributed by atoms with van der Waals surface area (Å²) >= 11 is 0. The van der Waals surface area contributed by atoms with E-state index in [1.54, 1.807) is 12.1 Å². The molecule has 0 atom stereocenters. The van der Waals surface area contributed by atoms with Crippen molar-refractivity contribution in [1.29, 1.82) is 0 Å². The lowest BCUT2D eigenvalue weighted by molar-refractivity contribution is 0.0697. The molecule has 0 aliphatic rings. The number of hydrogen-bond donors (Lipinski definition) is 2. The monoisotopic (exact) mass is 393 g/mol. The Morgan fingerprint density at radius 3 is 2.37 bits per heavy atom. The second kappa shape index (κ2) is 8.77. The number of anilines is 1. The smallest absolute Gasteiger partial charge is 0.335 e. The molecule has 2 rings (SSSR count). The molecular weight excluding hydrogens is 370 g/mol. The Morgan fingerprint density at radius 1 is 1.15 bits per heavy atom. The Hall–Kier alpha value is -2.74. The quantitative estimate of drug-likeness (QED) is 0.672. The number of benzene rings is 2. The molecule has 0 saturated heterocycles. The second-order valence-electron chi connectivity index (χ2n) is 6.11. The Labute approximate surface area is 159 Å². The maximum atomic E-state index is 12.7. The van der Waals surface area contributed by atoms with Gasteiger partial charge in [-0.3, -0.25) is 4.72 Å². The van der Waals surface area contributed by atoms with E-state index in [9.17, 15) is 13.2 Å². The highest BCUT2D eigenvalue weighted by Crippen LogP contribution is 2.29. The summed E-state index contributed by atoms with van der Waals surface area (Å²) in [5.41, 5.74) is 0.0306. The molecule has 27 heavy (non-hydrogen) atoms. The van der Waals surface area contributed by atoms with Gasteiger partial charge in [-0.25, -0.2) is 13.2 Å². The highest BCUT2D eigenvalue weighted by molar-refractivity contribution is 7.92. The third kappa shape index (κ3) is 5.62. The topological polar surface area (TPSA) is 102 Å². The first-order valence-corrected chi connectivity index (χ1v) is 10.0. The molecule has 2 aromatic carbocycles. The number of ether oxygens (including phenoxy) is 2. The molecule has 2 aromatic rings. The van der Waals surface area contributed by atoms with Crippen molar-refractivity contribution in [3.8, 4) is 11.5 Å². The summed E-state index contributed by atoms with van der Waals surface area (Å²) in [5.74, 6) is -0.332. The largest absolute Gasteiger partial charge is 0.491 e. The van der Waals surface area contributed by atoms with E-state index in [1.807, 2.05) is 20.8 Å². The first-order chi connectivity index (χ1) is 12.7. The standard InChI is InChI=1S/C19H23NO6S/c1-4-11-25-18-10-5-14(19(21)22)12-17(18)20-27(23,24)16-8-6-15(7-9-16)26-13(2)3/h5-10,12-13,20H,4,11H2,1-3H3,(H,21,22). The predicted octanol–water partition coefficient (Wildman–Crippen LogP) is 3.76. The summed E-state index contributed by atoms with van der Waals surface area (Å²) in [6.07, 6.45) is 0.701. The fourth-order valence-corrected chi connectivity index (χ4v) is 3.32. The second-order valence-corrected chi connectivity index (χ2v) is 7.79. The van der Waals surface area contributed by atoms with Crippen LogP contribution in [0.15, 0.2) is 47.4 Å². The maximum absolute atomic E-state index is 12.7. The number of hydrogen-bond acceptors (Lipinski definition) is 5. The van der Waals surface area contributed by atoms with E-state index in [0.29, 0.717) is 12.4 Å². The van der Waals surface area contributed by atoms with E-state index in [-0.39, 0.29) is 28.0 Å². The molecule has 0 unspecified atom stereocenters. The Balaban J connectivity index is 2.32. The van der Waals surface area contributed by atoms with Gasteiger partial charge in [0.1, 0.15) is 11.5 Å². The van der Waals surface area contributed by atoms with E-state index in [4.69, 9.17) is 14.6 Å². The molecule has 0 bridgehead atoms. The average Bonchev–Trinajstić information content (AvgIpc) is 2.60. The Kier molecular flexibility index (Phi) is 6.68. The van der Waals surface area contributed by atoms with Gasteiger partial charge in [0.15, 0.2) is 0 Å². The number of carbonyl (C=O) groups is 1. The zero-order chi connectivity index (χ0) is 20.0. The van der Waals surface area contributed by atoms with Gasteiger partial charge in [-0.1, -0.05) is 6.92 Å². The summed E-state index contributed by atoms with van der Waals surface area (Å²) in [5, 5.41) is 9.16. The maximum Gasteiger partial charge on any atom is 0.335 e. The summed E-state index contributed by atoms with van der Waals surface area (Å²) in [6, 6.07) is 10.0. The lowest BCUT2D eigenvalue weighted by Gasteiger charge is -2.15. The molecule has 0 aliphatic carbocycles. The van der Waals surface area contributed by atoms with Gasteiger partial charge in [0, 0.05) is 0 Å². The van der Waals surface area contributed by atoms with E-state index >= 15 is 0 Å². The van der Waals surface area contributed by atoms with Gasteiger partial charge in [-0.15, -0.1) is 0 Å². The fourth-order valence-electron chi connectivity index (χ4n) is 2.25. The van der Waals surface area contributed by atoms with E-state index in [1.165, 1.54) is 30.3 Å². The first kappa shape index (κ1) is 20.6. The number of rotatable bonds is 9. The van der Waals surface area contributed by atoms with Crippen molar-refractivity contribution < 1.29 is 27.8 Å². The number of nitrogens with one attached hydrogen (secondary N) is 1. The minimum Gasteiger partial charge on any atom is -0.491 e. The molecule has 0 heterocycles. The van der Waals surface area contributed by atoms with Gasteiger partial charge in [-0.2, -0.15) is 0 Å². The fraction of sp³-hybridized carbons (Fsp3) is 0.316. The van der Waals surface area contributed by atoms with Crippen LogP contribution in [0.3, 0.4) is 0 Å². The predicted molar refractivity (Wildman–Crippen MR) is 102 cm³/mol. The van der Waals surface area contributed by atoms with E-state index in [0.717, 1.165) is 6.42 Å². The van der Waals surface area contributed by atoms with Crippen molar-refractivity contribution in [2.75, 3.05) is 11.3 Å². The molecule has 0 aliphatic heterocycles. The summed E-state index contributed by atoms with van der Waals surface area (Å²) in [7, 11) is -3.93. The molecule has 8 heteroatoms. The molecule has 0 radical (unpaired) electrons. The molecule has 146 valence electrons. The number of carboxylic acid groups (broad SMARTS) is 1. The van der Waals surface area contributed by atoms with Gasteiger partial charge in [-0.05, 0) is 62.7 Å². The molecule has 0 saturated carbocycles. The van der Waals surface area contributed by atoms with Crippen LogP contribution in [-0.2, 0) is 10.0 Å². The van der Waals surface area contributed by atoms with Crippen molar-refractivity contribution in [3.05, 3.63) is 48.0 Å². The molecule has 7 nitrogen and oxygen atoms in total. The number of sulfonamides is 1. The minimum atomic E-state index is -3.93. The van der Waals surface area contributed by atoms with Gasteiger partial charge in [0.2, 0.25) is 0 Å². The van der Waals surface area contributed by atoms with Crippen LogP contribution < -0.4 is 14.2 Å². The normalized spacial score (nSPS) is 11.3. The highest BCUT2D eigenvalue weighted by atomic mass is 32.2. The third-order valence-corrected chi connectivity index (χ3v) is 4.82. The first-order valence-electron chi connectivity index (χ1n) is 8.52. The lowest BCUT2D eigenvalue weighted by atomic mass is 10.2. The van der Waals surface area contributed by atoms with Crippen molar-refractivity contribution in [1.82, 2.24) is 0 Å². The van der Waals surface area contributed by atoms with Crippen molar-refractivity contribution in [2.24, 2.45) is 0 Å². The minimum absolute atomic E-state index is 0.0254. The number of aromatic carboxylic acids is 1. The van der Waals surface area contributed by atoms with Crippen LogP contribution in [0.5, 0.6) is 11.5 Å². The van der Waals surface area contributed by atoms with Crippen molar-refractivity contribution >= 4 is 21.7 Å². The van der Waals surface area contributed by atoms with Gasteiger partial charge in [0.05, 0.1) is 28.9 Å². The van der Waals surface area contributed by atoms with Crippen molar-refractivity contribution in [2.45, 2.75) is 38.2 Å². The lowest BCUT2D eigenvalue weighted by Crippen LogP contribution is -2.15. The van der Waals surface area contributed by atoms with Crippen LogP contribution >= 0.6 is 0 Å². The molecular formula is C19H23NO6S. The molecule has 2 N–H and O–H groups in total. The summed E-state index contributed by atoms with van der Waals surface area (Å²) in [6.45, 7) is 6.04. The highest BCUT2D eigenvalue weighted by Gasteiger charge is 2.18. The van der Waals surface area contributed by atoms with E-state index in [2.05, 4.69) is 4.72 Å². The zero-order valence-corrected chi connectivity index (χ0v) is 16.2. The van der Waals surface area contributed by atoms with Crippen LogP contribution in [0.4, 0.5) is 5.69 Å². The van der Waals surface area contributed by atoms with Crippen LogP contribution in [-0.4, -0.2) is 32.2 Å². The molecule has 0 aromatic heterocycles. The van der Waals surface area contributed by atoms with Crippen LogP contribution in [0.1, 0.15) is 37.6 Å². The van der Waals surface area contributed by atoms with Gasteiger partial charge in [0.25, 0.3) is 10.0 Å². The third-order valence-electron chi connectivity index (χ3n) is 3.44. The zero-order valence-electron chi connectivity index (χ0n) is 15.4. The number of carboxylic acids is 1. The SMILES string of the molecule is CCCOc1ccc(C(=O)O)cc1NS(=O)(=O)c1ccc(OC(C)C)cc1. The van der Waals surface area contributed by atoms with Gasteiger partial charge < -0.3 is 14.6 Å². The van der Waals surface area contributed by atoms with Crippen LogP contribution in [0, 0.1) is 0 Å². The summed E-state index contributed by atoms with van der Waals surface area (Å²) in [4.78, 5) is 11.2. The van der Waals surface area contributed by atoms with Crippen LogP contribution in [0.2, 0.25) is 0 Å². The van der Waals surface area contributed by atoms with Gasteiger partial charge >= 0.3 is 5.97 Å². The Bertz CT molecular complexity index is 891. The average molecular weight is 393 g/mol. The molecule has 0 amide bonds. The van der Waals surface area contributed by atoms with Crippen molar-refractivity contribution in [3.63, 3.8) is 0 Å². The van der Waals surface area contributed by atoms with E-state index < -0.39 is 16.0 Å². The summed E-state index contributed by atoms with van der Waals surface area (Å²) < 4.78 is 38.8.